The highest BCUT2D eigenvalue weighted by Gasteiger charge is 2.34. The van der Waals surface area contributed by atoms with Crippen LogP contribution in [-0.2, 0) is 4.79 Å². The monoisotopic (exact) mass is 338 g/mol. The van der Waals surface area contributed by atoms with Crippen molar-refractivity contribution in [3.63, 3.8) is 0 Å². The third-order valence-electron chi connectivity index (χ3n) is 3.72. The minimum atomic E-state index is -0.0218. The number of carbonyl (C=O) groups is 1. The Balaban J connectivity index is 1.99. The molecule has 2 aromatic rings. The molecule has 0 saturated carbocycles. The number of nitrogens with two attached hydrogens (primary N) is 1. The Bertz CT molecular complexity index is 813. The van der Waals surface area contributed by atoms with Crippen molar-refractivity contribution in [2.45, 2.75) is 13.8 Å². The molecule has 0 aliphatic carbocycles. The van der Waals surface area contributed by atoms with Crippen LogP contribution in [0.25, 0.3) is 5.57 Å². The van der Waals surface area contributed by atoms with Crippen molar-refractivity contribution in [1.29, 1.82) is 0 Å². The fraction of sp³-hybridized carbons (Fsp3) is 0.167. The van der Waals surface area contributed by atoms with Crippen molar-refractivity contribution in [1.82, 2.24) is 9.88 Å². The molecule has 0 unspecified atom stereocenters. The van der Waals surface area contributed by atoms with Gasteiger partial charge in [-0.3, -0.25) is 9.69 Å². The van der Waals surface area contributed by atoms with E-state index in [0.29, 0.717) is 28.1 Å². The van der Waals surface area contributed by atoms with Crippen molar-refractivity contribution >= 4 is 39.9 Å². The summed E-state index contributed by atoms with van der Waals surface area (Å²) in [4.78, 5) is 23.8. The first kappa shape index (κ1) is 16.3. The molecule has 6 heteroatoms. The first-order chi connectivity index (χ1) is 11.6. The number of aromatic nitrogens is 1. The van der Waals surface area contributed by atoms with Gasteiger partial charge in [0, 0.05) is 18.4 Å². The predicted octanol–water partition coefficient (Wildman–Crippen LogP) is 3.68. The van der Waals surface area contributed by atoms with Gasteiger partial charge in [0.2, 0.25) is 0 Å². The molecule has 0 atom stereocenters. The lowest BCUT2D eigenvalue weighted by molar-refractivity contribution is -0.122. The zero-order valence-electron chi connectivity index (χ0n) is 13.6. The maximum Gasteiger partial charge on any atom is 0.267 e. The lowest BCUT2D eigenvalue weighted by Gasteiger charge is -2.12. The minimum absolute atomic E-state index is 0.0218. The van der Waals surface area contributed by atoms with Crippen molar-refractivity contribution in [2.24, 2.45) is 4.99 Å². The normalized spacial score (nSPS) is 18.3. The molecule has 3 rings (SSSR count). The number of allylic oxidation sites excluding steroid dienone is 1. The molecular weight excluding hydrogens is 320 g/mol. The largest absolute Gasteiger partial charge is 0.399 e. The van der Waals surface area contributed by atoms with Crippen molar-refractivity contribution in [3.8, 4) is 0 Å². The molecule has 1 amide bonds. The lowest BCUT2D eigenvalue weighted by atomic mass is 10.1. The van der Waals surface area contributed by atoms with Gasteiger partial charge in [0.1, 0.15) is 0 Å². The number of hydrogen-bond acceptors (Lipinski definition) is 5. The molecule has 0 radical (unpaired) electrons. The third kappa shape index (κ3) is 3.19. The van der Waals surface area contributed by atoms with E-state index in [1.54, 1.807) is 11.1 Å². The van der Waals surface area contributed by atoms with Crippen LogP contribution in [0.3, 0.4) is 0 Å². The Labute approximate surface area is 145 Å². The number of nitrogens with zero attached hydrogens (tertiary/aromatic N) is 3. The van der Waals surface area contributed by atoms with E-state index >= 15 is 0 Å². The molecule has 2 N–H and O–H groups in total. The molecule has 1 aliphatic rings. The molecule has 0 spiro atoms. The van der Waals surface area contributed by atoms with Crippen LogP contribution in [0.4, 0.5) is 11.5 Å². The van der Waals surface area contributed by atoms with Crippen LogP contribution >= 0.6 is 11.8 Å². The fourth-order valence-corrected chi connectivity index (χ4v) is 3.49. The maximum atomic E-state index is 12.7. The zero-order chi connectivity index (χ0) is 17.1. The lowest BCUT2D eigenvalue weighted by Crippen LogP contribution is -2.28. The summed E-state index contributed by atoms with van der Waals surface area (Å²) in [5.74, 6) is 0.573. The average molecular weight is 338 g/mol. The molecule has 0 bridgehead atoms. The number of likely N-dealkylation sites (N-methyl/N-ethyl adjacent to an activating group) is 1. The highest BCUT2D eigenvalue weighted by molar-refractivity contribution is 8.18. The Morgan fingerprint density at radius 2 is 2.00 bits per heavy atom. The van der Waals surface area contributed by atoms with E-state index in [4.69, 9.17) is 5.73 Å². The summed E-state index contributed by atoms with van der Waals surface area (Å²) in [7, 11) is 0. The first-order valence-corrected chi connectivity index (χ1v) is 8.48. The van der Waals surface area contributed by atoms with Gasteiger partial charge in [-0.25, -0.2) is 9.98 Å². The van der Waals surface area contributed by atoms with Gasteiger partial charge in [-0.1, -0.05) is 18.2 Å². The highest BCUT2D eigenvalue weighted by atomic mass is 32.2. The Morgan fingerprint density at radius 1 is 1.25 bits per heavy atom. The van der Waals surface area contributed by atoms with Crippen molar-refractivity contribution < 1.29 is 4.79 Å². The number of pyridine rings is 1. The van der Waals surface area contributed by atoms with E-state index in [1.807, 2.05) is 56.3 Å². The summed E-state index contributed by atoms with van der Waals surface area (Å²) in [6.07, 6.45) is 1.69. The predicted molar refractivity (Wildman–Crippen MR) is 99.8 cm³/mol. The van der Waals surface area contributed by atoms with Crippen LogP contribution in [0, 0.1) is 0 Å². The number of hydrogen-bond donors (Lipinski definition) is 1. The summed E-state index contributed by atoms with van der Waals surface area (Å²) >= 11 is 1.39. The molecular formula is C18H18N4OS. The number of nitrogen functional groups attached to an aromatic ring is 1. The third-order valence-corrected chi connectivity index (χ3v) is 4.90. The van der Waals surface area contributed by atoms with Crippen LogP contribution in [0.15, 0.2) is 58.6 Å². The van der Waals surface area contributed by atoms with E-state index in [0.717, 1.165) is 11.1 Å². The van der Waals surface area contributed by atoms with Crippen LogP contribution < -0.4 is 5.73 Å². The van der Waals surface area contributed by atoms with Gasteiger partial charge in [0.05, 0.1) is 4.91 Å². The van der Waals surface area contributed by atoms with Gasteiger partial charge >= 0.3 is 0 Å². The average Bonchev–Trinajstić information content (AvgIpc) is 2.91. The van der Waals surface area contributed by atoms with Gasteiger partial charge < -0.3 is 5.73 Å². The van der Waals surface area contributed by atoms with Gasteiger partial charge in [-0.15, -0.1) is 0 Å². The van der Waals surface area contributed by atoms with Gasteiger partial charge in [-0.05, 0) is 61.0 Å². The highest BCUT2D eigenvalue weighted by Crippen LogP contribution is 2.37. The number of benzene rings is 1. The molecule has 1 aliphatic heterocycles. The van der Waals surface area contributed by atoms with E-state index in [9.17, 15) is 4.79 Å². The van der Waals surface area contributed by atoms with Crippen LogP contribution in [0.5, 0.6) is 0 Å². The standard InChI is InChI=1S/C18H18N4OS/c1-3-22-17(23)16(12(2)13-7-9-14(19)10-8-13)24-18(22)21-15-6-4-5-11-20-15/h4-11H,3,19H2,1-2H3/b16-12-,21-18+. The number of aliphatic imine (C=N–C) groups is 1. The first-order valence-electron chi connectivity index (χ1n) is 7.66. The summed E-state index contributed by atoms with van der Waals surface area (Å²) in [5.41, 5.74) is 8.35. The molecule has 24 heavy (non-hydrogen) atoms. The van der Waals surface area contributed by atoms with E-state index in [-0.39, 0.29) is 5.91 Å². The smallest absolute Gasteiger partial charge is 0.267 e. The molecule has 1 aromatic heterocycles. The second kappa shape index (κ2) is 6.88. The van der Waals surface area contributed by atoms with Crippen LogP contribution in [-0.4, -0.2) is 27.5 Å². The fourth-order valence-electron chi connectivity index (χ4n) is 2.38. The second-order valence-corrected chi connectivity index (χ2v) is 6.29. The topological polar surface area (TPSA) is 71.6 Å². The number of thioether (sulfide) groups is 1. The van der Waals surface area contributed by atoms with Gasteiger partial charge in [0.15, 0.2) is 11.0 Å². The molecule has 5 nitrogen and oxygen atoms in total. The Kier molecular flexibility index (Phi) is 4.66. The Morgan fingerprint density at radius 3 is 2.62 bits per heavy atom. The quantitative estimate of drug-likeness (QED) is 0.684. The second-order valence-electron chi connectivity index (χ2n) is 5.31. The minimum Gasteiger partial charge on any atom is -0.399 e. The molecule has 1 saturated heterocycles. The number of amidine groups is 1. The van der Waals surface area contributed by atoms with E-state index in [1.165, 1.54) is 11.8 Å². The van der Waals surface area contributed by atoms with E-state index in [2.05, 4.69) is 9.98 Å². The SMILES string of the molecule is CCN1C(=O)/C(=C(\C)c2ccc(N)cc2)S/C1=N/c1ccccn1. The van der Waals surface area contributed by atoms with Crippen LogP contribution in [0.2, 0.25) is 0 Å². The van der Waals surface area contributed by atoms with Gasteiger partial charge in [-0.2, -0.15) is 0 Å². The number of carbonyl (C=O) groups excluding carboxylic acids is 1. The molecule has 122 valence electrons. The number of anilines is 1. The summed E-state index contributed by atoms with van der Waals surface area (Å²) < 4.78 is 0. The Hall–Kier alpha value is -2.60. The molecule has 2 heterocycles. The van der Waals surface area contributed by atoms with Crippen LogP contribution in [0.1, 0.15) is 19.4 Å². The maximum absolute atomic E-state index is 12.7. The number of rotatable bonds is 3. The summed E-state index contributed by atoms with van der Waals surface area (Å²) in [5, 5.41) is 0.658. The van der Waals surface area contributed by atoms with Crippen molar-refractivity contribution in [3.05, 3.63) is 59.1 Å². The zero-order valence-corrected chi connectivity index (χ0v) is 14.4. The van der Waals surface area contributed by atoms with E-state index < -0.39 is 0 Å². The van der Waals surface area contributed by atoms with Crippen molar-refractivity contribution in [2.75, 3.05) is 12.3 Å². The van der Waals surface area contributed by atoms with Gasteiger partial charge in [0.25, 0.3) is 5.91 Å². The summed E-state index contributed by atoms with van der Waals surface area (Å²) in [6, 6.07) is 13.1. The molecule has 1 fully saturated rings. The summed E-state index contributed by atoms with van der Waals surface area (Å²) in [6.45, 7) is 4.45. The molecule has 1 aromatic carbocycles. The number of amides is 1.